The normalized spacial score (nSPS) is 10.4. The average Bonchev–Trinajstić information content (AvgIpc) is 3.31. The quantitative estimate of drug-likeness (QED) is 0.408. The molecule has 0 spiro atoms. The molecule has 0 aliphatic heterocycles. The Morgan fingerprint density at radius 2 is 1.31 bits per heavy atom. The Bertz CT molecular complexity index is 1200. The predicted molar refractivity (Wildman–Crippen MR) is 120 cm³/mol. The predicted octanol–water partition coefficient (Wildman–Crippen LogP) is 5.22. The molecule has 0 saturated heterocycles. The fourth-order valence-electron chi connectivity index (χ4n) is 2.93. The molecule has 0 atom stereocenters. The Morgan fingerprint density at radius 1 is 0.781 bits per heavy atom. The minimum atomic E-state index is -0.411. The number of hydrogen-bond donors (Lipinski definition) is 2. The molecule has 2 amide bonds. The zero-order valence-corrected chi connectivity index (χ0v) is 17.2. The molecule has 1 heterocycles. The third kappa shape index (κ3) is 4.99. The number of carbonyl (C=O) groups excluding carboxylic acids is 2. The number of rotatable bonds is 6. The van der Waals surface area contributed by atoms with Gasteiger partial charge in [-0.05, 0) is 67.6 Å². The highest BCUT2D eigenvalue weighted by Crippen LogP contribution is 2.24. The highest BCUT2D eigenvalue weighted by atomic mass is 16.5. The summed E-state index contributed by atoms with van der Waals surface area (Å²) in [6, 6.07) is 22.6. The number of benzene rings is 3. The number of ether oxygens (including phenoxy) is 1. The number of carbonyl (C=O) groups is 2. The second-order valence-electron chi connectivity index (χ2n) is 6.73. The van der Waals surface area contributed by atoms with E-state index in [9.17, 15) is 9.59 Å². The molecule has 2 N–H and O–H groups in total. The van der Waals surface area contributed by atoms with Gasteiger partial charge in [0.15, 0.2) is 0 Å². The molecular weight excluding hydrogens is 408 g/mol. The van der Waals surface area contributed by atoms with Crippen LogP contribution in [0, 0.1) is 0 Å². The van der Waals surface area contributed by atoms with E-state index < -0.39 is 12.0 Å². The number of aromatic nitrogens is 2. The lowest BCUT2D eigenvalue weighted by molar-refractivity contribution is 0.0526. The third-order valence-electron chi connectivity index (χ3n) is 4.49. The van der Waals surface area contributed by atoms with Gasteiger partial charge in [0.05, 0.1) is 12.2 Å². The van der Waals surface area contributed by atoms with Crippen LogP contribution in [0.3, 0.4) is 0 Å². The maximum atomic E-state index is 12.3. The summed E-state index contributed by atoms with van der Waals surface area (Å²) in [5.74, 6) is 0.429. The largest absolute Gasteiger partial charge is 0.462 e. The maximum Gasteiger partial charge on any atom is 0.338 e. The molecule has 8 heteroatoms. The summed E-state index contributed by atoms with van der Waals surface area (Å²) in [6.45, 7) is 2.05. The number of esters is 1. The zero-order valence-electron chi connectivity index (χ0n) is 17.2. The van der Waals surface area contributed by atoms with Crippen LogP contribution in [0.4, 0.5) is 16.2 Å². The van der Waals surface area contributed by atoms with E-state index in [2.05, 4.69) is 20.8 Å². The molecule has 4 aromatic rings. The molecule has 0 saturated carbocycles. The summed E-state index contributed by atoms with van der Waals surface area (Å²) >= 11 is 0. The summed E-state index contributed by atoms with van der Waals surface area (Å²) in [5, 5.41) is 13.6. The zero-order chi connectivity index (χ0) is 22.3. The van der Waals surface area contributed by atoms with Crippen LogP contribution < -0.4 is 10.6 Å². The highest BCUT2D eigenvalue weighted by Gasteiger charge is 2.11. The van der Waals surface area contributed by atoms with Crippen molar-refractivity contribution in [3.05, 3.63) is 84.4 Å². The second kappa shape index (κ2) is 9.57. The molecule has 4 rings (SSSR count). The van der Waals surface area contributed by atoms with Crippen molar-refractivity contribution in [1.82, 2.24) is 10.2 Å². The van der Waals surface area contributed by atoms with Crippen LogP contribution in [0.25, 0.3) is 22.9 Å². The Morgan fingerprint density at radius 3 is 1.88 bits per heavy atom. The van der Waals surface area contributed by atoms with Gasteiger partial charge in [-0.3, -0.25) is 0 Å². The van der Waals surface area contributed by atoms with Gasteiger partial charge >= 0.3 is 12.0 Å². The van der Waals surface area contributed by atoms with E-state index >= 15 is 0 Å². The molecule has 0 aliphatic carbocycles. The molecule has 160 valence electrons. The van der Waals surface area contributed by atoms with E-state index in [1.807, 2.05) is 30.3 Å². The summed E-state index contributed by atoms with van der Waals surface area (Å²) < 4.78 is 10.7. The van der Waals surface area contributed by atoms with Gasteiger partial charge in [-0.2, -0.15) is 0 Å². The van der Waals surface area contributed by atoms with Crippen molar-refractivity contribution in [3.8, 4) is 22.9 Å². The summed E-state index contributed by atoms with van der Waals surface area (Å²) in [7, 11) is 0. The Hall–Kier alpha value is -4.46. The molecule has 0 bridgehead atoms. The first kappa shape index (κ1) is 20.8. The van der Waals surface area contributed by atoms with Crippen molar-refractivity contribution in [2.24, 2.45) is 0 Å². The topological polar surface area (TPSA) is 106 Å². The number of hydrogen-bond acceptors (Lipinski definition) is 6. The molecule has 1 aromatic heterocycles. The third-order valence-corrected chi connectivity index (χ3v) is 4.49. The molecule has 8 nitrogen and oxygen atoms in total. The molecule has 3 aromatic carbocycles. The smallest absolute Gasteiger partial charge is 0.338 e. The van der Waals surface area contributed by atoms with Crippen molar-refractivity contribution in [1.29, 1.82) is 0 Å². The molecular formula is C24H20N4O4. The summed E-state index contributed by atoms with van der Waals surface area (Å²) in [5.41, 5.74) is 3.14. The van der Waals surface area contributed by atoms with E-state index in [4.69, 9.17) is 9.15 Å². The summed E-state index contributed by atoms with van der Waals surface area (Å²) in [4.78, 5) is 23.9. The first-order chi connectivity index (χ1) is 15.6. The SMILES string of the molecule is CCOC(=O)c1ccc(NC(=O)Nc2ccc(-c3nnc(-c4ccccc4)o3)cc2)cc1. The summed E-state index contributed by atoms with van der Waals surface area (Å²) in [6.07, 6.45) is 0. The van der Waals surface area contributed by atoms with Crippen LogP contribution in [0.15, 0.2) is 83.3 Å². The Kier molecular flexibility index (Phi) is 6.22. The van der Waals surface area contributed by atoms with Crippen LogP contribution in [-0.2, 0) is 4.74 Å². The van der Waals surface area contributed by atoms with Crippen molar-refractivity contribution >= 4 is 23.4 Å². The molecule has 0 fully saturated rings. The van der Waals surface area contributed by atoms with Crippen LogP contribution in [0.5, 0.6) is 0 Å². The van der Waals surface area contributed by atoms with Gasteiger partial charge in [0.1, 0.15) is 0 Å². The van der Waals surface area contributed by atoms with Crippen molar-refractivity contribution in [3.63, 3.8) is 0 Å². The maximum absolute atomic E-state index is 12.3. The number of amides is 2. The van der Waals surface area contributed by atoms with Gasteiger partial charge < -0.3 is 19.8 Å². The first-order valence-corrected chi connectivity index (χ1v) is 9.97. The standard InChI is InChI=1S/C24H20N4O4/c1-2-31-23(29)18-10-14-20(15-11-18)26-24(30)25-19-12-8-17(9-13-19)22-28-27-21(32-22)16-6-4-3-5-7-16/h3-15H,2H2,1H3,(H2,25,26,30). The molecule has 0 aliphatic rings. The monoisotopic (exact) mass is 428 g/mol. The van der Waals surface area contributed by atoms with Crippen molar-refractivity contribution in [2.45, 2.75) is 6.92 Å². The van der Waals surface area contributed by atoms with E-state index in [0.29, 0.717) is 35.3 Å². The number of urea groups is 1. The second-order valence-corrected chi connectivity index (χ2v) is 6.73. The van der Waals surface area contributed by atoms with E-state index in [1.165, 1.54) is 0 Å². The van der Waals surface area contributed by atoms with Gasteiger partial charge in [-0.15, -0.1) is 10.2 Å². The lowest BCUT2D eigenvalue weighted by Gasteiger charge is -2.08. The number of anilines is 2. The molecule has 32 heavy (non-hydrogen) atoms. The fraction of sp³-hybridized carbons (Fsp3) is 0.0833. The lowest BCUT2D eigenvalue weighted by atomic mass is 10.2. The van der Waals surface area contributed by atoms with Gasteiger partial charge in [-0.25, -0.2) is 9.59 Å². The molecule has 0 radical (unpaired) electrons. The minimum absolute atomic E-state index is 0.306. The first-order valence-electron chi connectivity index (χ1n) is 9.97. The van der Waals surface area contributed by atoms with Crippen LogP contribution in [-0.4, -0.2) is 28.8 Å². The Labute approximate surface area is 184 Å². The van der Waals surface area contributed by atoms with Crippen LogP contribution in [0.2, 0.25) is 0 Å². The molecule has 0 unspecified atom stereocenters. The Balaban J connectivity index is 1.36. The van der Waals surface area contributed by atoms with E-state index in [0.717, 1.165) is 11.1 Å². The van der Waals surface area contributed by atoms with Gasteiger partial charge in [0.25, 0.3) is 0 Å². The van der Waals surface area contributed by atoms with E-state index in [-0.39, 0.29) is 0 Å². The van der Waals surface area contributed by atoms with Crippen molar-refractivity contribution < 1.29 is 18.7 Å². The number of nitrogens with one attached hydrogen (secondary N) is 2. The van der Waals surface area contributed by atoms with Gasteiger partial charge in [0, 0.05) is 22.5 Å². The van der Waals surface area contributed by atoms with Gasteiger partial charge in [-0.1, -0.05) is 18.2 Å². The van der Waals surface area contributed by atoms with E-state index in [1.54, 1.807) is 55.5 Å². The van der Waals surface area contributed by atoms with Crippen LogP contribution >= 0.6 is 0 Å². The van der Waals surface area contributed by atoms with Crippen molar-refractivity contribution in [2.75, 3.05) is 17.2 Å². The average molecular weight is 428 g/mol. The minimum Gasteiger partial charge on any atom is -0.462 e. The lowest BCUT2D eigenvalue weighted by Crippen LogP contribution is -2.19. The van der Waals surface area contributed by atoms with Gasteiger partial charge in [0.2, 0.25) is 11.8 Å². The highest BCUT2D eigenvalue weighted by molar-refractivity contribution is 6.00. The fourth-order valence-corrected chi connectivity index (χ4v) is 2.93. The van der Waals surface area contributed by atoms with Crippen LogP contribution in [0.1, 0.15) is 17.3 Å². The number of nitrogens with zero attached hydrogens (tertiary/aromatic N) is 2.